The Hall–Kier alpha value is -3.09. The van der Waals surface area contributed by atoms with Gasteiger partial charge in [-0.25, -0.2) is 9.18 Å². The summed E-state index contributed by atoms with van der Waals surface area (Å²) in [6, 6.07) is 13.7. The lowest BCUT2D eigenvalue weighted by molar-refractivity contribution is 0.0496. The van der Waals surface area contributed by atoms with E-state index in [9.17, 15) is 14.0 Å². The van der Waals surface area contributed by atoms with Crippen LogP contribution in [0.15, 0.2) is 48.5 Å². The van der Waals surface area contributed by atoms with E-state index in [1.54, 1.807) is 24.0 Å². The summed E-state index contributed by atoms with van der Waals surface area (Å²) in [7, 11) is 0. The zero-order valence-corrected chi connectivity index (χ0v) is 16.3. The van der Waals surface area contributed by atoms with E-state index in [1.165, 1.54) is 12.1 Å². The van der Waals surface area contributed by atoms with Crippen LogP contribution in [0.5, 0.6) is 0 Å². The van der Waals surface area contributed by atoms with Gasteiger partial charge >= 0.3 is 6.09 Å². The van der Waals surface area contributed by atoms with Crippen molar-refractivity contribution < 1.29 is 18.7 Å². The maximum atomic E-state index is 13.3. The Balaban J connectivity index is 1.55. The van der Waals surface area contributed by atoms with Crippen LogP contribution in [0.25, 0.3) is 0 Å². The Labute approximate surface area is 169 Å². The molecule has 29 heavy (non-hydrogen) atoms. The second-order valence-corrected chi connectivity index (χ2v) is 7.27. The van der Waals surface area contributed by atoms with E-state index in [-0.39, 0.29) is 30.0 Å². The number of nitrogens with one attached hydrogen (secondary N) is 1. The van der Waals surface area contributed by atoms with Gasteiger partial charge in [-0.15, -0.1) is 0 Å². The summed E-state index contributed by atoms with van der Waals surface area (Å²) in [4.78, 5) is 28.7. The zero-order valence-electron chi connectivity index (χ0n) is 16.3. The molecule has 2 heterocycles. The molecule has 0 radical (unpaired) electrons. The number of rotatable bonds is 4. The summed E-state index contributed by atoms with van der Waals surface area (Å²) >= 11 is 0. The van der Waals surface area contributed by atoms with E-state index >= 15 is 0 Å². The topological polar surface area (TPSA) is 61.9 Å². The third-order valence-electron chi connectivity index (χ3n) is 5.53. The van der Waals surface area contributed by atoms with Crippen molar-refractivity contribution in [1.82, 2.24) is 9.80 Å². The fourth-order valence-electron chi connectivity index (χ4n) is 4.11. The summed E-state index contributed by atoms with van der Waals surface area (Å²) in [6.45, 7) is 3.23. The number of piperidine rings is 1. The third kappa shape index (κ3) is 3.77. The van der Waals surface area contributed by atoms with Crippen LogP contribution in [-0.4, -0.2) is 47.5 Å². The lowest BCUT2D eigenvalue weighted by Crippen LogP contribution is -2.49. The molecule has 2 amide bonds. The molecule has 0 saturated carbocycles. The molecule has 1 fully saturated rings. The van der Waals surface area contributed by atoms with Crippen LogP contribution < -0.4 is 5.32 Å². The first-order valence-corrected chi connectivity index (χ1v) is 9.94. The van der Waals surface area contributed by atoms with Gasteiger partial charge in [-0.1, -0.05) is 18.2 Å². The number of amides is 2. The number of ether oxygens (including phenoxy) is 1. The number of likely N-dealkylation sites (tertiary alicyclic amines) is 1. The van der Waals surface area contributed by atoms with Crippen LogP contribution in [0.3, 0.4) is 0 Å². The highest BCUT2D eigenvalue weighted by Crippen LogP contribution is 2.38. The van der Waals surface area contributed by atoms with E-state index in [1.807, 2.05) is 29.2 Å². The van der Waals surface area contributed by atoms with Crippen LogP contribution in [0.1, 0.15) is 41.9 Å². The van der Waals surface area contributed by atoms with Crippen molar-refractivity contribution in [3.05, 3.63) is 65.5 Å². The number of benzene rings is 2. The Kier molecular flexibility index (Phi) is 5.38. The van der Waals surface area contributed by atoms with Crippen LogP contribution in [0.2, 0.25) is 0 Å². The number of anilines is 1. The molecule has 1 saturated heterocycles. The molecule has 0 spiro atoms. The predicted molar refractivity (Wildman–Crippen MR) is 107 cm³/mol. The average molecular weight is 397 g/mol. The molecule has 1 N–H and O–H groups in total. The standard InChI is InChI=1S/C22H24FN3O3/c1-2-29-22(28)25-13-11-17(12-14-25)26-20(24-16-9-7-15(23)8-10-16)18-5-3-4-6-19(18)21(26)27/h3-10,17,20,24H,2,11-14H2,1H3/t20-/m0/s1. The number of nitrogens with zero attached hydrogens (tertiary/aromatic N) is 2. The third-order valence-corrected chi connectivity index (χ3v) is 5.53. The van der Waals surface area contributed by atoms with Crippen molar-refractivity contribution in [2.45, 2.75) is 32.0 Å². The van der Waals surface area contributed by atoms with Gasteiger partial charge in [0.05, 0.1) is 6.61 Å². The number of halogens is 1. The molecule has 0 bridgehead atoms. The lowest BCUT2D eigenvalue weighted by atomic mass is 10.0. The predicted octanol–water partition coefficient (Wildman–Crippen LogP) is 4.01. The summed E-state index contributed by atoms with van der Waals surface area (Å²) in [5, 5.41) is 3.39. The quantitative estimate of drug-likeness (QED) is 0.847. The minimum absolute atomic E-state index is 0.00137. The van der Waals surface area contributed by atoms with Crippen molar-refractivity contribution >= 4 is 17.7 Å². The number of hydrogen-bond donors (Lipinski definition) is 1. The number of hydrogen-bond acceptors (Lipinski definition) is 4. The van der Waals surface area contributed by atoms with E-state index in [0.29, 0.717) is 38.1 Å². The van der Waals surface area contributed by atoms with Crippen molar-refractivity contribution in [3.8, 4) is 0 Å². The molecule has 4 rings (SSSR count). The van der Waals surface area contributed by atoms with Gasteiger partial charge in [-0.2, -0.15) is 0 Å². The van der Waals surface area contributed by atoms with E-state index in [0.717, 1.165) is 11.3 Å². The summed E-state index contributed by atoms with van der Waals surface area (Å²) < 4.78 is 18.4. The maximum Gasteiger partial charge on any atom is 0.409 e. The number of fused-ring (bicyclic) bond motifs is 1. The number of carbonyl (C=O) groups excluding carboxylic acids is 2. The second kappa shape index (κ2) is 8.11. The molecule has 152 valence electrons. The normalized spacial score (nSPS) is 19.2. The van der Waals surface area contributed by atoms with Gasteiger partial charge in [0, 0.05) is 35.9 Å². The summed E-state index contributed by atoms with van der Waals surface area (Å²) in [5.74, 6) is -0.323. The molecule has 2 aromatic carbocycles. The van der Waals surface area contributed by atoms with Crippen LogP contribution in [0.4, 0.5) is 14.9 Å². The molecule has 0 unspecified atom stereocenters. The molecular weight excluding hydrogens is 373 g/mol. The first-order chi connectivity index (χ1) is 14.1. The largest absolute Gasteiger partial charge is 0.450 e. The van der Waals surface area contributed by atoms with E-state index < -0.39 is 0 Å². The zero-order chi connectivity index (χ0) is 20.4. The smallest absolute Gasteiger partial charge is 0.409 e. The molecule has 1 atom stereocenters. The highest BCUT2D eigenvalue weighted by molar-refractivity contribution is 5.99. The molecule has 6 nitrogen and oxygen atoms in total. The van der Waals surface area contributed by atoms with Crippen molar-refractivity contribution in [1.29, 1.82) is 0 Å². The van der Waals surface area contributed by atoms with Crippen molar-refractivity contribution in [2.75, 3.05) is 25.0 Å². The lowest BCUT2D eigenvalue weighted by Gasteiger charge is -2.39. The van der Waals surface area contributed by atoms with Gasteiger partial charge in [0.2, 0.25) is 0 Å². The minimum Gasteiger partial charge on any atom is -0.450 e. The Morgan fingerprint density at radius 1 is 1.14 bits per heavy atom. The first kappa shape index (κ1) is 19.2. The SMILES string of the molecule is CCOC(=O)N1CCC(N2C(=O)c3ccccc3[C@H]2Nc2ccc(F)cc2)CC1. The Morgan fingerprint density at radius 3 is 2.52 bits per heavy atom. The van der Waals surface area contributed by atoms with Crippen molar-refractivity contribution in [3.63, 3.8) is 0 Å². The molecule has 2 aliphatic heterocycles. The Morgan fingerprint density at radius 2 is 1.83 bits per heavy atom. The highest BCUT2D eigenvalue weighted by atomic mass is 19.1. The van der Waals surface area contributed by atoms with Crippen LogP contribution in [-0.2, 0) is 4.74 Å². The van der Waals surface area contributed by atoms with E-state index in [4.69, 9.17) is 4.74 Å². The summed E-state index contributed by atoms with van der Waals surface area (Å²) in [5.41, 5.74) is 2.34. The fraction of sp³-hybridized carbons (Fsp3) is 0.364. The van der Waals surface area contributed by atoms with E-state index in [2.05, 4.69) is 5.32 Å². The monoisotopic (exact) mass is 397 g/mol. The molecule has 0 aromatic heterocycles. The maximum absolute atomic E-state index is 13.3. The first-order valence-electron chi connectivity index (χ1n) is 9.94. The fourth-order valence-corrected chi connectivity index (χ4v) is 4.11. The molecule has 2 aliphatic rings. The summed E-state index contributed by atoms with van der Waals surface area (Å²) in [6.07, 6.45) is 0.728. The van der Waals surface area contributed by atoms with Crippen molar-refractivity contribution in [2.24, 2.45) is 0 Å². The van der Waals surface area contributed by atoms with Gasteiger partial charge in [-0.3, -0.25) is 4.79 Å². The van der Waals surface area contributed by atoms with Crippen LogP contribution >= 0.6 is 0 Å². The van der Waals surface area contributed by atoms with Crippen LogP contribution in [0, 0.1) is 5.82 Å². The van der Waals surface area contributed by atoms with Gasteiger partial charge in [0.15, 0.2) is 0 Å². The molecule has 0 aliphatic carbocycles. The van der Waals surface area contributed by atoms with Gasteiger partial charge < -0.3 is 19.9 Å². The Bertz CT molecular complexity index is 894. The highest BCUT2D eigenvalue weighted by Gasteiger charge is 2.42. The minimum atomic E-state index is -0.330. The molecule has 2 aromatic rings. The van der Waals surface area contributed by atoms with Gasteiger partial charge in [-0.05, 0) is 50.1 Å². The van der Waals surface area contributed by atoms with Gasteiger partial charge in [0.25, 0.3) is 5.91 Å². The number of carbonyl (C=O) groups is 2. The average Bonchev–Trinajstić information content (AvgIpc) is 3.02. The second-order valence-electron chi connectivity index (χ2n) is 7.27. The van der Waals surface area contributed by atoms with Gasteiger partial charge in [0.1, 0.15) is 12.0 Å². The molecular formula is C22H24FN3O3. The molecule has 7 heteroatoms.